The Hall–Kier alpha value is -2.13. The Kier molecular flexibility index (Phi) is 6.38. The fourth-order valence-corrected chi connectivity index (χ4v) is 3.68. The van der Waals surface area contributed by atoms with Crippen molar-refractivity contribution in [3.63, 3.8) is 0 Å². The van der Waals surface area contributed by atoms with Gasteiger partial charge in [-0.3, -0.25) is 4.79 Å². The van der Waals surface area contributed by atoms with Gasteiger partial charge in [-0.25, -0.2) is 17.9 Å². The maximum atomic E-state index is 12.1. The highest BCUT2D eigenvalue weighted by molar-refractivity contribution is 7.89. The normalized spacial score (nSPS) is 18.8. The summed E-state index contributed by atoms with van der Waals surface area (Å²) in [4.78, 5) is 24.7. The highest BCUT2D eigenvalue weighted by Gasteiger charge is 2.31. The molecular weight excluding hydrogens is 346 g/mol. The molecule has 1 aliphatic rings. The maximum absolute atomic E-state index is 12.1. The first kappa shape index (κ1) is 19.2. The fraction of sp³-hybridized carbons (Fsp3) is 0.500. The summed E-state index contributed by atoms with van der Waals surface area (Å²) >= 11 is 0. The number of likely N-dealkylation sites (tertiary alicyclic amines) is 1. The van der Waals surface area contributed by atoms with Gasteiger partial charge >= 0.3 is 12.0 Å². The molecule has 1 saturated heterocycles. The molecule has 0 aromatic heterocycles. The Labute approximate surface area is 147 Å². The summed E-state index contributed by atoms with van der Waals surface area (Å²) in [6, 6.07) is 7.51. The quantitative estimate of drug-likeness (QED) is 0.659. The van der Waals surface area contributed by atoms with Gasteiger partial charge < -0.3 is 15.3 Å². The average Bonchev–Trinajstić information content (AvgIpc) is 3.06. The van der Waals surface area contributed by atoms with Crippen molar-refractivity contribution in [3.8, 4) is 0 Å². The van der Waals surface area contributed by atoms with Crippen LogP contribution in [0.5, 0.6) is 0 Å². The lowest BCUT2D eigenvalue weighted by atomic mass is 10.1. The number of rotatable bonds is 7. The van der Waals surface area contributed by atoms with Gasteiger partial charge in [0.05, 0.1) is 10.8 Å². The van der Waals surface area contributed by atoms with E-state index < -0.39 is 21.9 Å². The molecule has 3 N–H and O–H groups in total. The predicted molar refractivity (Wildman–Crippen MR) is 91.6 cm³/mol. The zero-order valence-electron chi connectivity index (χ0n) is 14.0. The first-order valence-corrected chi connectivity index (χ1v) is 9.61. The molecule has 8 nitrogen and oxygen atoms in total. The lowest BCUT2D eigenvalue weighted by molar-refractivity contribution is -0.141. The number of urea groups is 1. The second kappa shape index (κ2) is 8.30. The Morgan fingerprint density at radius 3 is 2.60 bits per heavy atom. The van der Waals surface area contributed by atoms with E-state index in [1.165, 1.54) is 17.0 Å². The van der Waals surface area contributed by atoms with E-state index in [-0.39, 0.29) is 30.1 Å². The Bertz CT molecular complexity index is 708. The van der Waals surface area contributed by atoms with E-state index in [2.05, 4.69) is 10.0 Å². The summed E-state index contributed by atoms with van der Waals surface area (Å²) < 4.78 is 26.7. The van der Waals surface area contributed by atoms with Crippen LogP contribution < -0.4 is 10.0 Å². The first-order valence-electron chi connectivity index (χ1n) is 8.12. The van der Waals surface area contributed by atoms with Crippen molar-refractivity contribution >= 4 is 22.0 Å². The number of aliphatic carboxylic acids is 1. The molecular formula is C16H23N3O5S. The van der Waals surface area contributed by atoms with Gasteiger partial charge in [0, 0.05) is 25.7 Å². The van der Waals surface area contributed by atoms with Crippen LogP contribution in [-0.2, 0) is 14.8 Å². The zero-order chi connectivity index (χ0) is 18.4. The van der Waals surface area contributed by atoms with Crippen LogP contribution in [0.15, 0.2) is 35.2 Å². The lowest BCUT2D eigenvalue weighted by Crippen LogP contribution is -2.44. The van der Waals surface area contributed by atoms with Gasteiger partial charge in [0.1, 0.15) is 0 Å². The molecule has 25 heavy (non-hydrogen) atoms. The Balaban J connectivity index is 1.75. The predicted octanol–water partition coefficient (Wildman–Crippen LogP) is 0.860. The van der Waals surface area contributed by atoms with Crippen molar-refractivity contribution in [2.75, 3.05) is 19.6 Å². The van der Waals surface area contributed by atoms with Gasteiger partial charge in [-0.2, -0.15) is 0 Å². The smallest absolute Gasteiger partial charge is 0.317 e. The topological polar surface area (TPSA) is 116 Å². The molecule has 138 valence electrons. The molecule has 9 heteroatoms. The second-order valence-corrected chi connectivity index (χ2v) is 7.89. The summed E-state index contributed by atoms with van der Waals surface area (Å²) in [6.45, 7) is 2.58. The minimum atomic E-state index is -3.56. The van der Waals surface area contributed by atoms with E-state index in [9.17, 15) is 18.0 Å². The van der Waals surface area contributed by atoms with Gasteiger partial charge in [-0.05, 0) is 31.9 Å². The molecule has 0 radical (unpaired) electrons. The number of amides is 2. The van der Waals surface area contributed by atoms with Gasteiger partial charge in [0.15, 0.2) is 0 Å². The van der Waals surface area contributed by atoms with Crippen molar-refractivity contribution in [1.29, 1.82) is 0 Å². The van der Waals surface area contributed by atoms with Gasteiger partial charge in [-0.1, -0.05) is 18.2 Å². The number of sulfonamides is 1. The first-order chi connectivity index (χ1) is 11.8. The largest absolute Gasteiger partial charge is 0.481 e. The SMILES string of the molecule is CC(CCNS(=O)(=O)c1ccccc1)NC(=O)N1CCC(C(=O)O)C1. The maximum Gasteiger partial charge on any atom is 0.317 e. The molecule has 2 amide bonds. The van der Waals surface area contributed by atoms with Crippen LogP contribution in [0.4, 0.5) is 4.79 Å². The molecule has 1 aromatic rings. The van der Waals surface area contributed by atoms with Crippen LogP contribution in [0.1, 0.15) is 19.8 Å². The highest BCUT2D eigenvalue weighted by atomic mass is 32.2. The van der Waals surface area contributed by atoms with Crippen LogP contribution in [0.2, 0.25) is 0 Å². The molecule has 1 aliphatic heterocycles. The minimum absolute atomic E-state index is 0.191. The van der Waals surface area contributed by atoms with Crippen molar-refractivity contribution in [3.05, 3.63) is 30.3 Å². The molecule has 0 aliphatic carbocycles. The third-order valence-corrected chi connectivity index (χ3v) is 5.59. The third kappa shape index (κ3) is 5.43. The van der Waals surface area contributed by atoms with Crippen molar-refractivity contribution < 1.29 is 23.1 Å². The molecule has 0 bridgehead atoms. The monoisotopic (exact) mass is 369 g/mol. The molecule has 0 spiro atoms. The third-order valence-electron chi connectivity index (χ3n) is 4.12. The van der Waals surface area contributed by atoms with Crippen LogP contribution in [0.25, 0.3) is 0 Å². The average molecular weight is 369 g/mol. The van der Waals surface area contributed by atoms with Crippen molar-refractivity contribution in [1.82, 2.24) is 14.9 Å². The molecule has 2 atom stereocenters. The number of carbonyl (C=O) groups excluding carboxylic acids is 1. The molecule has 0 saturated carbocycles. The molecule has 2 rings (SSSR count). The summed E-state index contributed by atoms with van der Waals surface area (Å²) in [5.41, 5.74) is 0. The van der Waals surface area contributed by atoms with E-state index in [1.807, 2.05) is 0 Å². The second-order valence-electron chi connectivity index (χ2n) is 6.12. The Morgan fingerprint density at radius 2 is 2.00 bits per heavy atom. The highest BCUT2D eigenvalue weighted by Crippen LogP contribution is 2.16. The van der Waals surface area contributed by atoms with Gasteiger partial charge in [0.25, 0.3) is 0 Å². The molecule has 1 fully saturated rings. The lowest BCUT2D eigenvalue weighted by Gasteiger charge is -2.20. The van der Waals surface area contributed by atoms with Crippen LogP contribution >= 0.6 is 0 Å². The molecule has 1 heterocycles. The number of hydrogen-bond acceptors (Lipinski definition) is 4. The molecule has 2 unspecified atom stereocenters. The summed E-state index contributed by atoms with van der Waals surface area (Å²) in [7, 11) is -3.56. The number of carbonyl (C=O) groups is 2. The van der Waals surface area contributed by atoms with E-state index in [1.54, 1.807) is 25.1 Å². The summed E-state index contributed by atoms with van der Waals surface area (Å²) in [5, 5.41) is 11.7. The van der Waals surface area contributed by atoms with Crippen LogP contribution in [-0.4, -0.2) is 56.1 Å². The number of nitrogens with one attached hydrogen (secondary N) is 2. The standard InChI is InChI=1S/C16H23N3O5S/c1-12(18-16(22)19-10-8-13(11-19)15(20)21)7-9-17-25(23,24)14-5-3-2-4-6-14/h2-6,12-13,17H,7-11H2,1H3,(H,18,22)(H,20,21). The van der Waals surface area contributed by atoms with E-state index in [0.29, 0.717) is 19.4 Å². The van der Waals surface area contributed by atoms with Gasteiger partial charge in [0.2, 0.25) is 10.0 Å². The Morgan fingerprint density at radius 1 is 1.32 bits per heavy atom. The number of benzene rings is 1. The number of hydrogen-bond donors (Lipinski definition) is 3. The van der Waals surface area contributed by atoms with E-state index >= 15 is 0 Å². The molecule has 1 aromatic carbocycles. The van der Waals surface area contributed by atoms with Crippen LogP contribution in [0, 0.1) is 5.92 Å². The fourth-order valence-electron chi connectivity index (χ4n) is 2.61. The summed E-state index contributed by atoms with van der Waals surface area (Å²) in [5.74, 6) is -1.41. The van der Waals surface area contributed by atoms with Crippen molar-refractivity contribution in [2.45, 2.75) is 30.7 Å². The summed E-state index contributed by atoms with van der Waals surface area (Å²) in [6.07, 6.45) is 0.877. The van der Waals surface area contributed by atoms with Crippen LogP contribution in [0.3, 0.4) is 0 Å². The number of nitrogens with zero attached hydrogens (tertiary/aromatic N) is 1. The zero-order valence-corrected chi connectivity index (χ0v) is 14.8. The van der Waals surface area contributed by atoms with Crippen molar-refractivity contribution in [2.24, 2.45) is 5.92 Å². The number of carboxylic acid groups (broad SMARTS) is 1. The van der Waals surface area contributed by atoms with E-state index in [0.717, 1.165) is 0 Å². The number of carboxylic acids is 1. The van der Waals surface area contributed by atoms with Gasteiger partial charge in [-0.15, -0.1) is 0 Å². The minimum Gasteiger partial charge on any atom is -0.481 e. The van der Waals surface area contributed by atoms with E-state index in [4.69, 9.17) is 5.11 Å².